The van der Waals surface area contributed by atoms with Gasteiger partial charge in [-0.05, 0) is 79.7 Å². The molecule has 1 saturated heterocycles. The molecule has 1 atom stereocenters. The third-order valence-corrected chi connectivity index (χ3v) is 7.79. The van der Waals surface area contributed by atoms with Crippen LogP contribution in [0.3, 0.4) is 0 Å². The van der Waals surface area contributed by atoms with Crippen molar-refractivity contribution in [2.24, 2.45) is 5.92 Å². The number of aliphatic carboxylic acids is 1. The van der Waals surface area contributed by atoms with Gasteiger partial charge in [-0.2, -0.15) is 0 Å². The second kappa shape index (κ2) is 9.61. The van der Waals surface area contributed by atoms with Crippen LogP contribution in [0.5, 0.6) is 11.5 Å². The third kappa shape index (κ3) is 5.80. The van der Waals surface area contributed by atoms with E-state index in [0.29, 0.717) is 24.4 Å². The zero-order valence-electron chi connectivity index (χ0n) is 20.4. The maximum Gasteiger partial charge on any atom is 0.573 e. The Balaban J connectivity index is 1.25. The van der Waals surface area contributed by atoms with E-state index in [9.17, 15) is 23.1 Å². The van der Waals surface area contributed by atoms with Crippen LogP contribution in [0.25, 0.3) is 0 Å². The molecule has 5 rings (SSSR count). The normalized spacial score (nSPS) is 20.4. The number of carboxylic acids is 1. The molecule has 5 nitrogen and oxygen atoms in total. The standard InChI is InChI=1S/C28H32F3NO4/c1-18(26(33)34)14-19-2-3-21-8-9-27(35-25(21)15-19)10-12-32(13-11-27)17-23-16-22(20-4-5-20)6-7-24(23)36-28(29,30)31/h2-3,6-7,15-16,18,20H,4-5,8-14,17H2,1H3,(H,33,34). The van der Waals surface area contributed by atoms with Gasteiger partial charge in [0.2, 0.25) is 0 Å². The first-order chi connectivity index (χ1) is 17.1. The summed E-state index contributed by atoms with van der Waals surface area (Å²) in [5.74, 6) is -0.106. The Labute approximate surface area is 209 Å². The van der Waals surface area contributed by atoms with E-state index >= 15 is 0 Å². The predicted molar refractivity (Wildman–Crippen MR) is 128 cm³/mol. The minimum atomic E-state index is -4.72. The van der Waals surface area contributed by atoms with E-state index in [1.165, 1.54) is 6.07 Å². The lowest BCUT2D eigenvalue weighted by Gasteiger charge is -2.45. The molecule has 2 aromatic carbocycles. The van der Waals surface area contributed by atoms with Gasteiger partial charge in [0.1, 0.15) is 17.1 Å². The van der Waals surface area contributed by atoms with Crippen molar-refractivity contribution in [1.29, 1.82) is 0 Å². The molecule has 2 aliphatic heterocycles. The topological polar surface area (TPSA) is 59.0 Å². The average molecular weight is 504 g/mol. The van der Waals surface area contributed by atoms with Crippen molar-refractivity contribution in [3.63, 3.8) is 0 Å². The van der Waals surface area contributed by atoms with Gasteiger partial charge in [-0.15, -0.1) is 13.2 Å². The predicted octanol–water partition coefficient (Wildman–Crippen LogP) is 6.09. The summed E-state index contributed by atoms with van der Waals surface area (Å²) in [6.45, 7) is 3.57. The zero-order chi connectivity index (χ0) is 25.5. The van der Waals surface area contributed by atoms with E-state index in [-0.39, 0.29) is 11.4 Å². The number of hydrogen-bond acceptors (Lipinski definition) is 4. The Morgan fingerprint density at radius 3 is 2.58 bits per heavy atom. The highest BCUT2D eigenvalue weighted by Gasteiger charge is 2.40. The van der Waals surface area contributed by atoms with Gasteiger partial charge in [-0.1, -0.05) is 31.2 Å². The first-order valence-corrected chi connectivity index (χ1v) is 12.7. The summed E-state index contributed by atoms with van der Waals surface area (Å²) in [4.78, 5) is 13.4. The van der Waals surface area contributed by atoms with Crippen LogP contribution in [0.15, 0.2) is 36.4 Å². The van der Waals surface area contributed by atoms with Gasteiger partial charge in [0, 0.05) is 25.2 Å². The molecule has 36 heavy (non-hydrogen) atoms. The molecule has 0 bridgehead atoms. The lowest BCUT2D eigenvalue weighted by atomic mass is 9.82. The number of likely N-dealkylation sites (tertiary alicyclic amines) is 1. The number of ether oxygens (including phenoxy) is 2. The number of halogens is 3. The van der Waals surface area contributed by atoms with Crippen molar-refractivity contribution in [2.75, 3.05) is 13.1 Å². The summed E-state index contributed by atoms with van der Waals surface area (Å²) in [5, 5.41) is 9.23. The number of carboxylic acid groups (broad SMARTS) is 1. The van der Waals surface area contributed by atoms with Gasteiger partial charge in [0.15, 0.2) is 0 Å². The quantitative estimate of drug-likeness (QED) is 0.496. The number of fused-ring (bicyclic) bond motifs is 1. The minimum absolute atomic E-state index is 0.113. The number of aryl methyl sites for hydroxylation is 1. The fraction of sp³-hybridized carbons (Fsp3) is 0.536. The fourth-order valence-corrected chi connectivity index (χ4v) is 5.44. The Bertz CT molecular complexity index is 1120. The van der Waals surface area contributed by atoms with Gasteiger partial charge in [-0.3, -0.25) is 9.69 Å². The molecule has 1 aliphatic carbocycles. The number of rotatable bonds is 7. The second-order valence-electron chi connectivity index (χ2n) is 10.6. The molecule has 3 aliphatic rings. The number of nitrogens with zero attached hydrogens (tertiary/aromatic N) is 1. The summed E-state index contributed by atoms with van der Waals surface area (Å²) in [6.07, 6.45) is 1.29. The highest BCUT2D eigenvalue weighted by molar-refractivity contribution is 5.70. The van der Waals surface area contributed by atoms with E-state index in [4.69, 9.17) is 4.74 Å². The summed E-state index contributed by atoms with van der Waals surface area (Å²) >= 11 is 0. The lowest BCUT2D eigenvalue weighted by Crippen LogP contribution is -2.49. The van der Waals surface area contributed by atoms with Crippen molar-refractivity contribution in [1.82, 2.24) is 4.90 Å². The molecule has 1 N–H and O–H groups in total. The molecule has 8 heteroatoms. The molecule has 0 aromatic heterocycles. The average Bonchev–Trinajstić information content (AvgIpc) is 3.66. The summed E-state index contributed by atoms with van der Waals surface area (Å²) < 4.78 is 49.8. The van der Waals surface area contributed by atoms with E-state index in [0.717, 1.165) is 74.1 Å². The van der Waals surface area contributed by atoms with Crippen molar-refractivity contribution in [2.45, 2.75) is 76.3 Å². The van der Waals surface area contributed by atoms with E-state index < -0.39 is 18.2 Å². The van der Waals surface area contributed by atoms with Gasteiger partial charge < -0.3 is 14.6 Å². The molecular formula is C28H32F3NO4. The van der Waals surface area contributed by atoms with E-state index in [1.807, 2.05) is 24.3 Å². The number of hydrogen-bond donors (Lipinski definition) is 1. The van der Waals surface area contributed by atoms with E-state index in [2.05, 4.69) is 9.64 Å². The zero-order valence-corrected chi connectivity index (χ0v) is 20.4. The van der Waals surface area contributed by atoms with Gasteiger partial charge in [-0.25, -0.2) is 0 Å². The van der Waals surface area contributed by atoms with Gasteiger partial charge >= 0.3 is 12.3 Å². The van der Waals surface area contributed by atoms with Crippen molar-refractivity contribution < 1.29 is 32.5 Å². The summed E-state index contributed by atoms with van der Waals surface area (Å²) in [7, 11) is 0. The molecule has 0 radical (unpaired) electrons. The van der Waals surface area contributed by atoms with Crippen LogP contribution in [0.2, 0.25) is 0 Å². The molecule has 2 fully saturated rings. The summed E-state index contributed by atoms with van der Waals surface area (Å²) in [5.41, 5.74) is 3.47. The monoisotopic (exact) mass is 503 g/mol. The van der Waals surface area contributed by atoms with Crippen LogP contribution in [0.4, 0.5) is 13.2 Å². The lowest BCUT2D eigenvalue weighted by molar-refractivity contribution is -0.275. The molecular weight excluding hydrogens is 471 g/mol. The molecule has 2 aromatic rings. The summed E-state index contributed by atoms with van der Waals surface area (Å²) in [6, 6.07) is 11.1. The van der Waals surface area contributed by atoms with Gasteiger partial charge in [0.05, 0.1) is 5.92 Å². The highest BCUT2D eigenvalue weighted by Crippen LogP contribution is 2.43. The second-order valence-corrected chi connectivity index (χ2v) is 10.6. The Morgan fingerprint density at radius 1 is 1.17 bits per heavy atom. The Kier molecular flexibility index (Phi) is 6.66. The molecule has 1 unspecified atom stereocenters. The first kappa shape index (κ1) is 24.9. The minimum Gasteiger partial charge on any atom is -0.487 e. The van der Waals surface area contributed by atoms with Crippen LogP contribution in [-0.4, -0.2) is 41.0 Å². The number of benzene rings is 2. The fourth-order valence-electron chi connectivity index (χ4n) is 5.44. The molecule has 194 valence electrons. The maximum absolute atomic E-state index is 13.0. The molecule has 2 heterocycles. The van der Waals surface area contributed by atoms with Crippen molar-refractivity contribution in [3.8, 4) is 11.5 Å². The van der Waals surface area contributed by atoms with Crippen LogP contribution in [0.1, 0.15) is 67.2 Å². The molecule has 1 saturated carbocycles. The van der Waals surface area contributed by atoms with Crippen LogP contribution in [0, 0.1) is 5.92 Å². The van der Waals surface area contributed by atoms with Crippen molar-refractivity contribution in [3.05, 3.63) is 58.7 Å². The SMILES string of the molecule is CC(Cc1ccc2c(c1)OC1(CC2)CCN(Cc2cc(C3CC3)ccc2OC(F)(F)F)CC1)C(=O)O. The van der Waals surface area contributed by atoms with Crippen LogP contribution >= 0.6 is 0 Å². The van der Waals surface area contributed by atoms with Gasteiger partial charge in [0.25, 0.3) is 0 Å². The number of carbonyl (C=O) groups is 1. The number of piperidine rings is 1. The smallest absolute Gasteiger partial charge is 0.487 e. The molecule has 1 spiro atoms. The maximum atomic E-state index is 13.0. The van der Waals surface area contributed by atoms with Crippen LogP contribution in [-0.2, 0) is 24.2 Å². The van der Waals surface area contributed by atoms with Crippen molar-refractivity contribution >= 4 is 5.97 Å². The third-order valence-electron chi connectivity index (χ3n) is 7.79. The highest BCUT2D eigenvalue weighted by atomic mass is 19.4. The van der Waals surface area contributed by atoms with E-state index in [1.54, 1.807) is 13.0 Å². The number of alkyl halides is 3. The molecule has 0 amide bonds. The largest absolute Gasteiger partial charge is 0.573 e. The first-order valence-electron chi connectivity index (χ1n) is 12.7. The van der Waals surface area contributed by atoms with Crippen LogP contribution < -0.4 is 9.47 Å². The Hall–Kier alpha value is -2.74. The Morgan fingerprint density at radius 2 is 1.92 bits per heavy atom.